The highest BCUT2D eigenvalue weighted by molar-refractivity contribution is 5.43. The Balaban J connectivity index is 2.14. The van der Waals surface area contributed by atoms with Gasteiger partial charge in [0.25, 0.3) is 0 Å². The first-order chi connectivity index (χ1) is 8.66. The molecule has 1 aliphatic rings. The maximum absolute atomic E-state index is 14.1. The van der Waals surface area contributed by atoms with Crippen molar-refractivity contribution in [2.45, 2.75) is 26.2 Å². The maximum Gasteiger partial charge on any atom is 0.129 e. The fourth-order valence-corrected chi connectivity index (χ4v) is 2.72. The third-order valence-corrected chi connectivity index (χ3v) is 3.76. The van der Waals surface area contributed by atoms with Gasteiger partial charge in [-0.1, -0.05) is 24.3 Å². The molecule has 0 atom stereocenters. The van der Waals surface area contributed by atoms with Gasteiger partial charge in [-0.25, -0.2) is 8.78 Å². The van der Waals surface area contributed by atoms with E-state index in [-0.39, 0.29) is 11.6 Å². The van der Waals surface area contributed by atoms with Gasteiger partial charge in [0.15, 0.2) is 0 Å². The summed E-state index contributed by atoms with van der Waals surface area (Å²) in [5.74, 6) is -0.293. The second-order valence-corrected chi connectivity index (χ2v) is 4.89. The Morgan fingerprint density at radius 2 is 1.61 bits per heavy atom. The Labute approximate surface area is 105 Å². The van der Waals surface area contributed by atoms with E-state index in [0.29, 0.717) is 24.8 Å². The summed E-state index contributed by atoms with van der Waals surface area (Å²) in [6.45, 7) is 1.77. The fourth-order valence-electron chi connectivity index (χ4n) is 2.72. The molecule has 92 valence electrons. The number of fused-ring (bicyclic) bond motifs is 2. The molecule has 0 N–H and O–H groups in total. The van der Waals surface area contributed by atoms with Gasteiger partial charge >= 0.3 is 0 Å². The van der Waals surface area contributed by atoms with Crippen LogP contribution in [0.15, 0.2) is 30.3 Å². The first kappa shape index (κ1) is 11.4. The molecule has 0 unspecified atom stereocenters. The van der Waals surface area contributed by atoms with Crippen molar-refractivity contribution in [3.8, 4) is 0 Å². The fraction of sp³-hybridized carbons (Fsp3) is 0.250. The standard InChI is InChI=1S/C16H14F2/c1-10-5-6-12-9-11-3-2-4-15(17)13(11)7-8-14(12)16(10)18/h2-6H,7-9H2,1H3. The van der Waals surface area contributed by atoms with Crippen LogP contribution < -0.4 is 0 Å². The van der Waals surface area contributed by atoms with Gasteiger partial charge in [0.05, 0.1) is 0 Å². The van der Waals surface area contributed by atoms with E-state index in [1.807, 2.05) is 12.1 Å². The topological polar surface area (TPSA) is 0 Å². The van der Waals surface area contributed by atoms with E-state index in [2.05, 4.69) is 0 Å². The Kier molecular flexibility index (Phi) is 2.66. The Morgan fingerprint density at radius 3 is 2.44 bits per heavy atom. The van der Waals surface area contributed by atoms with Crippen molar-refractivity contribution in [1.82, 2.24) is 0 Å². The number of hydrogen-bond donors (Lipinski definition) is 0. The van der Waals surface area contributed by atoms with Gasteiger partial charge in [-0.15, -0.1) is 0 Å². The summed E-state index contributed by atoms with van der Waals surface area (Å²) in [6.07, 6.45) is 1.78. The predicted molar refractivity (Wildman–Crippen MR) is 67.8 cm³/mol. The number of hydrogen-bond acceptors (Lipinski definition) is 0. The van der Waals surface area contributed by atoms with Crippen LogP contribution in [-0.4, -0.2) is 0 Å². The zero-order valence-corrected chi connectivity index (χ0v) is 10.3. The average Bonchev–Trinajstić information content (AvgIpc) is 2.54. The van der Waals surface area contributed by atoms with Crippen molar-refractivity contribution in [3.05, 3.63) is 69.8 Å². The van der Waals surface area contributed by atoms with Gasteiger partial charge in [-0.3, -0.25) is 0 Å². The highest BCUT2D eigenvalue weighted by Gasteiger charge is 2.19. The number of benzene rings is 2. The Hall–Kier alpha value is -1.70. The van der Waals surface area contributed by atoms with Crippen molar-refractivity contribution in [2.24, 2.45) is 0 Å². The molecule has 0 bridgehead atoms. The van der Waals surface area contributed by atoms with Gasteiger partial charge in [-0.2, -0.15) is 0 Å². The summed E-state index contributed by atoms with van der Waals surface area (Å²) in [4.78, 5) is 0. The molecule has 2 aromatic rings. The quantitative estimate of drug-likeness (QED) is 0.658. The number of aryl methyl sites for hydroxylation is 1. The van der Waals surface area contributed by atoms with Crippen molar-refractivity contribution < 1.29 is 8.78 Å². The van der Waals surface area contributed by atoms with E-state index >= 15 is 0 Å². The van der Waals surface area contributed by atoms with Crippen LogP contribution in [-0.2, 0) is 19.3 Å². The molecular weight excluding hydrogens is 230 g/mol. The second-order valence-electron chi connectivity index (χ2n) is 4.89. The van der Waals surface area contributed by atoms with Gasteiger partial charge in [-0.05, 0) is 60.1 Å². The summed E-state index contributed by atoms with van der Waals surface area (Å²) in [5.41, 5.74) is 4.14. The minimum Gasteiger partial charge on any atom is -0.207 e. The van der Waals surface area contributed by atoms with Crippen LogP contribution in [0.3, 0.4) is 0 Å². The molecule has 1 aliphatic carbocycles. The summed E-state index contributed by atoms with van der Waals surface area (Å²) >= 11 is 0. The lowest BCUT2D eigenvalue weighted by Gasteiger charge is -2.09. The number of halogens is 2. The maximum atomic E-state index is 14.1. The van der Waals surface area contributed by atoms with Crippen LogP contribution in [0, 0.1) is 18.6 Å². The summed E-state index contributed by atoms with van der Waals surface area (Å²) in [5, 5.41) is 0. The van der Waals surface area contributed by atoms with Crippen molar-refractivity contribution >= 4 is 0 Å². The normalized spacial score (nSPS) is 13.7. The minimum absolute atomic E-state index is 0.124. The summed E-state index contributed by atoms with van der Waals surface area (Å²) < 4.78 is 27.9. The molecule has 0 aliphatic heterocycles. The van der Waals surface area contributed by atoms with E-state index in [1.165, 1.54) is 6.07 Å². The molecular formula is C16H14F2. The lowest BCUT2D eigenvalue weighted by atomic mass is 9.98. The van der Waals surface area contributed by atoms with E-state index in [1.54, 1.807) is 19.1 Å². The monoisotopic (exact) mass is 244 g/mol. The third kappa shape index (κ3) is 1.72. The highest BCUT2D eigenvalue weighted by atomic mass is 19.1. The van der Waals surface area contributed by atoms with Crippen LogP contribution in [0.4, 0.5) is 8.78 Å². The SMILES string of the molecule is Cc1ccc2c(c1F)CCc1c(F)cccc1C2. The smallest absolute Gasteiger partial charge is 0.129 e. The van der Waals surface area contributed by atoms with Crippen LogP contribution in [0.5, 0.6) is 0 Å². The molecule has 0 heterocycles. The molecule has 0 nitrogen and oxygen atoms in total. The summed E-state index contributed by atoms with van der Waals surface area (Å²) in [6, 6.07) is 8.91. The van der Waals surface area contributed by atoms with Crippen LogP contribution in [0.25, 0.3) is 0 Å². The van der Waals surface area contributed by atoms with Crippen LogP contribution in [0.2, 0.25) is 0 Å². The minimum atomic E-state index is -0.169. The number of rotatable bonds is 0. The molecule has 18 heavy (non-hydrogen) atoms. The molecule has 2 heteroatoms. The lowest BCUT2D eigenvalue weighted by Crippen LogP contribution is -1.99. The Morgan fingerprint density at radius 1 is 0.889 bits per heavy atom. The van der Waals surface area contributed by atoms with Crippen LogP contribution in [0.1, 0.15) is 27.8 Å². The zero-order valence-electron chi connectivity index (χ0n) is 10.3. The third-order valence-electron chi connectivity index (χ3n) is 3.76. The van der Waals surface area contributed by atoms with Gasteiger partial charge in [0.2, 0.25) is 0 Å². The van der Waals surface area contributed by atoms with E-state index in [0.717, 1.165) is 22.3 Å². The molecule has 2 aromatic carbocycles. The molecule has 0 saturated heterocycles. The highest BCUT2D eigenvalue weighted by Crippen LogP contribution is 2.28. The summed E-state index contributed by atoms with van der Waals surface area (Å²) in [7, 11) is 0. The molecule has 0 aromatic heterocycles. The molecule has 0 amide bonds. The van der Waals surface area contributed by atoms with Gasteiger partial charge in [0.1, 0.15) is 11.6 Å². The first-order valence-corrected chi connectivity index (χ1v) is 6.20. The van der Waals surface area contributed by atoms with E-state index in [4.69, 9.17) is 0 Å². The molecule has 0 spiro atoms. The van der Waals surface area contributed by atoms with E-state index < -0.39 is 0 Å². The zero-order chi connectivity index (χ0) is 12.7. The Bertz CT molecular complexity index is 615. The van der Waals surface area contributed by atoms with Crippen LogP contribution >= 0.6 is 0 Å². The molecule has 3 rings (SSSR count). The molecule has 0 radical (unpaired) electrons. The van der Waals surface area contributed by atoms with E-state index in [9.17, 15) is 8.78 Å². The first-order valence-electron chi connectivity index (χ1n) is 6.20. The van der Waals surface area contributed by atoms with Crippen molar-refractivity contribution in [3.63, 3.8) is 0 Å². The molecule has 0 saturated carbocycles. The predicted octanol–water partition coefficient (Wildman–Crippen LogP) is 3.96. The molecule has 0 fully saturated rings. The van der Waals surface area contributed by atoms with Crippen molar-refractivity contribution in [2.75, 3.05) is 0 Å². The largest absolute Gasteiger partial charge is 0.207 e. The van der Waals surface area contributed by atoms with Crippen molar-refractivity contribution in [1.29, 1.82) is 0 Å². The lowest BCUT2D eigenvalue weighted by molar-refractivity contribution is 0.591. The average molecular weight is 244 g/mol. The second kappa shape index (κ2) is 4.20. The van der Waals surface area contributed by atoms with Gasteiger partial charge in [0, 0.05) is 0 Å². The van der Waals surface area contributed by atoms with Gasteiger partial charge < -0.3 is 0 Å².